The topological polar surface area (TPSA) is 88.4 Å². The fourth-order valence-electron chi connectivity index (χ4n) is 3.66. The zero-order valence-corrected chi connectivity index (χ0v) is 17.8. The average Bonchev–Trinajstić information content (AvgIpc) is 2.80. The van der Waals surface area contributed by atoms with Crippen molar-refractivity contribution in [1.29, 1.82) is 0 Å². The molecule has 3 rings (SSSR count). The predicted molar refractivity (Wildman–Crippen MR) is 122 cm³/mol. The lowest BCUT2D eigenvalue weighted by Gasteiger charge is -2.22. The maximum Gasteiger partial charge on any atom is 0.259 e. The van der Waals surface area contributed by atoms with E-state index >= 15 is 0 Å². The van der Waals surface area contributed by atoms with Gasteiger partial charge in [0.05, 0.1) is 11.8 Å². The highest BCUT2D eigenvalue weighted by molar-refractivity contribution is 5.91. The number of aromatic nitrogens is 1. The van der Waals surface area contributed by atoms with Crippen LogP contribution < -0.4 is 10.9 Å². The number of alkyl halides is 1. The molecule has 6 nitrogen and oxygen atoms in total. The SMILES string of the molecule is C=C(O)CC(NC(=O)[C@H](CC)n1ccc2ccc(-c3ccccc3)cc2c1=O)C(=O)CF. The van der Waals surface area contributed by atoms with Gasteiger partial charge in [-0.25, -0.2) is 4.39 Å². The zero-order valence-electron chi connectivity index (χ0n) is 17.8. The lowest BCUT2D eigenvalue weighted by Crippen LogP contribution is -2.46. The Labute approximate surface area is 185 Å². The molecular weight excluding hydrogens is 411 g/mol. The number of hydrogen-bond donors (Lipinski definition) is 2. The zero-order chi connectivity index (χ0) is 23.3. The number of carbonyl (C=O) groups is 2. The van der Waals surface area contributed by atoms with Crippen LogP contribution in [0, 0.1) is 0 Å². The molecule has 2 N–H and O–H groups in total. The molecule has 0 radical (unpaired) electrons. The van der Waals surface area contributed by atoms with Gasteiger partial charge in [-0.3, -0.25) is 14.4 Å². The highest BCUT2D eigenvalue weighted by Gasteiger charge is 2.27. The van der Waals surface area contributed by atoms with Crippen molar-refractivity contribution in [3.8, 4) is 11.1 Å². The molecule has 2 atom stereocenters. The molecule has 1 unspecified atom stereocenters. The fraction of sp³-hybridized carbons (Fsp3) is 0.240. The molecule has 166 valence electrons. The molecular formula is C25H25FN2O4. The Kier molecular flexibility index (Phi) is 7.20. The number of halogens is 1. The Morgan fingerprint density at radius 2 is 1.84 bits per heavy atom. The second-order valence-corrected chi connectivity index (χ2v) is 7.55. The van der Waals surface area contributed by atoms with Crippen LogP contribution in [-0.4, -0.2) is 34.1 Å². The number of carbonyl (C=O) groups excluding carboxylic acids is 2. The van der Waals surface area contributed by atoms with Gasteiger partial charge in [-0.15, -0.1) is 0 Å². The molecule has 0 aliphatic rings. The quantitative estimate of drug-likeness (QED) is 0.494. The van der Waals surface area contributed by atoms with Crippen LogP contribution in [0.3, 0.4) is 0 Å². The first-order valence-corrected chi connectivity index (χ1v) is 10.3. The van der Waals surface area contributed by atoms with E-state index in [4.69, 9.17) is 0 Å². The van der Waals surface area contributed by atoms with Crippen molar-refractivity contribution < 1.29 is 19.1 Å². The summed E-state index contributed by atoms with van der Waals surface area (Å²) < 4.78 is 14.2. The minimum absolute atomic E-state index is 0.270. The van der Waals surface area contributed by atoms with E-state index in [2.05, 4.69) is 11.9 Å². The summed E-state index contributed by atoms with van der Waals surface area (Å²) in [6.07, 6.45) is 1.52. The standard InChI is InChI=1S/C25H25FN2O4/c1-3-22(24(31)27-21(13-16(2)29)23(30)15-26)28-12-11-18-9-10-19(14-20(18)25(28)32)17-7-5-4-6-8-17/h4-12,14,21-22,29H,2-3,13,15H2,1H3,(H,27,31)/t21?,22-/m0/s1. The van der Waals surface area contributed by atoms with Crippen molar-refractivity contribution in [1.82, 2.24) is 9.88 Å². The van der Waals surface area contributed by atoms with Gasteiger partial charge in [-0.1, -0.05) is 56.0 Å². The number of pyridine rings is 1. The van der Waals surface area contributed by atoms with Gasteiger partial charge in [0.2, 0.25) is 5.91 Å². The minimum atomic E-state index is -1.28. The Balaban J connectivity index is 1.97. The molecule has 0 fully saturated rings. The van der Waals surface area contributed by atoms with Crippen LogP contribution in [0.4, 0.5) is 4.39 Å². The molecule has 0 saturated carbocycles. The molecule has 7 heteroatoms. The van der Waals surface area contributed by atoms with Crippen molar-refractivity contribution in [2.45, 2.75) is 31.8 Å². The van der Waals surface area contributed by atoms with E-state index < -0.39 is 30.4 Å². The van der Waals surface area contributed by atoms with Crippen LogP contribution in [0.15, 0.2) is 77.9 Å². The molecule has 0 aliphatic carbocycles. The van der Waals surface area contributed by atoms with Crippen LogP contribution in [0.5, 0.6) is 0 Å². The van der Waals surface area contributed by atoms with E-state index in [0.717, 1.165) is 16.5 Å². The van der Waals surface area contributed by atoms with Crippen LogP contribution >= 0.6 is 0 Å². The first-order valence-electron chi connectivity index (χ1n) is 10.3. The third kappa shape index (κ3) is 4.94. The van der Waals surface area contributed by atoms with E-state index in [9.17, 15) is 23.9 Å². The Hall–Kier alpha value is -3.74. The number of nitrogens with one attached hydrogen (secondary N) is 1. The van der Waals surface area contributed by atoms with Gasteiger partial charge in [0.25, 0.3) is 5.56 Å². The van der Waals surface area contributed by atoms with Gasteiger partial charge in [-0.2, -0.15) is 0 Å². The highest BCUT2D eigenvalue weighted by Crippen LogP contribution is 2.23. The van der Waals surface area contributed by atoms with Crippen molar-refractivity contribution >= 4 is 22.5 Å². The summed E-state index contributed by atoms with van der Waals surface area (Å²) in [6.45, 7) is 3.75. The van der Waals surface area contributed by atoms with Crippen molar-refractivity contribution in [3.05, 3.63) is 83.5 Å². The molecule has 2 aromatic carbocycles. The molecule has 0 spiro atoms. The Morgan fingerprint density at radius 1 is 1.12 bits per heavy atom. The van der Waals surface area contributed by atoms with Crippen LogP contribution in [0.2, 0.25) is 0 Å². The van der Waals surface area contributed by atoms with Gasteiger partial charge in [0, 0.05) is 18.0 Å². The van der Waals surface area contributed by atoms with Gasteiger partial charge in [-0.05, 0) is 35.1 Å². The summed E-state index contributed by atoms with van der Waals surface area (Å²) in [7, 11) is 0. The molecule has 1 heterocycles. The molecule has 32 heavy (non-hydrogen) atoms. The molecule has 3 aromatic rings. The molecule has 0 saturated heterocycles. The van der Waals surface area contributed by atoms with E-state index in [0.29, 0.717) is 5.39 Å². The van der Waals surface area contributed by atoms with Crippen LogP contribution in [0.1, 0.15) is 25.8 Å². The van der Waals surface area contributed by atoms with E-state index in [1.807, 2.05) is 42.5 Å². The highest BCUT2D eigenvalue weighted by atomic mass is 19.1. The van der Waals surface area contributed by atoms with E-state index in [1.54, 1.807) is 19.1 Å². The number of amides is 1. The fourth-order valence-corrected chi connectivity index (χ4v) is 3.66. The molecule has 0 bridgehead atoms. The van der Waals surface area contributed by atoms with Crippen molar-refractivity contribution in [2.75, 3.05) is 6.67 Å². The number of aliphatic hydroxyl groups excluding tert-OH is 1. The summed E-state index contributed by atoms with van der Waals surface area (Å²) in [5.41, 5.74) is 1.49. The normalized spacial score (nSPS) is 12.8. The number of rotatable bonds is 9. The van der Waals surface area contributed by atoms with Gasteiger partial charge < -0.3 is 15.0 Å². The second kappa shape index (κ2) is 10.0. The van der Waals surface area contributed by atoms with Gasteiger partial charge in [0.1, 0.15) is 12.7 Å². The molecule has 1 amide bonds. The number of Topliss-reactive ketones (excluding diaryl/α,β-unsaturated/α-hetero) is 1. The summed E-state index contributed by atoms with van der Waals surface area (Å²) in [4.78, 5) is 38.0. The maximum atomic E-state index is 13.3. The Morgan fingerprint density at radius 3 is 2.47 bits per heavy atom. The number of ketones is 1. The third-order valence-electron chi connectivity index (χ3n) is 5.34. The summed E-state index contributed by atoms with van der Waals surface area (Å²) in [5.74, 6) is -1.83. The number of aliphatic hydroxyl groups is 1. The van der Waals surface area contributed by atoms with E-state index in [1.165, 1.54) is 10.8 Å². The predicted octanol–water partition coefficient (Wildman–Crippen LogP) is 4.10. The third-order valence-corrected chi connectivity index (χ3v) is 5.34. The Bertz CT molecular complexity index is 1200. The first kappa shape index (κ1) is 22.9. The first-order chi connectivity index (χ1) is 15.3. The lowest BCUT2D eigenvalue weighted by molar-refractivity contribution is -0.130. The van der Waals surface area contributed by atoms with Crippen molar-refractivity contribution in [3.63, 3.8) is 0 Å². The smallest absolute Gasteiger partial charge is 0.259 e. The maximum absolute atomic E-state index is 13.3. The summed E-state index contributed by atoms with van der Waals surface area (Å²) in [5, 5.41) is 13.0. The van der Waals surface area contributed by atoms with Crippen LogP contribution in [-0.2, 0) is 9.59 Å². The number of nitrogens with zero attached hydrogens (tertiary/aromatic N) is 1. The summed E-state index contributed by atoms with van der Waals surface area (Å²) in [6, 6.07) is 14.8. The second-order valence-electron chi connectivity index (χ2n) is 7.55. The average molecular weight is 436 g/mol. The number of fused-ring (bicyclic) bond motifs is 1. The number of benzene rings is 2. The number of hydrogen-bond acceptors (Lipinski definition) is 4. The van der Waals surface area contributed by atoms with Crippen LogP contribution in [0.25, 0.3) is 21.9 Å². The van der Waals surface area contributed by atoms with Crippen molar-refractivity contribution in [2.24, 2.45) is 0 Å². The molecule has 0 aliphatic heterocycles. The largest absolute Gasteiger partial charge is 0.513 e. The monoisotopic (exact) mass is 436 g/mol. The lowest BCUT2D eigenvalue weighted by atomic mass is 10.0. The van der Waals surface area contributed by atoms with E-state index in [-0.39, 0.29) is 24.2 Å². The van der Waals surface area contributed by atoms with Gasteiger partial charge >= 0.3 is 0 Å². The van der Waals surface area contributed by atoms with Gasteiger partial charge in [0.15, 0.2) is 5.78 Å². The summed E-state index contributed by atoms with van der Waals surface area (Å²) >= 11 is 0. The molecule has 1 aromatic heterocycles. The minimum Gasteiger partial charge on any atom is -0.513 e.